The number of hydrogen-bond acceptors (Lipinski definition) is 4. The minimum absolute atomic E-state index is 0.0963. The van der Waals surface area contributed by atoms with E-state index in [4.69, 9.17) is 6.42 Å². The molecule has 1 aromatic heterocycles. The summed E-state index contributed by atoms with van der Waals surface area (Å²) in [6, 6.07) is 14.1. The molecular formula is C23H26N4O. The highest BCUT2D eigenvalue weighted by Gasteiger charge is 2.39. The molecule has 0 saturated carbocycles. The van der Waals surface area contributed by atoms with Crippen molar-refractivity contribution in [3.8, 4) is 23.6 Å². The molecule has 5 heteroatoms. The molecule has 1 amide bonds. The highest BCUT2D eigenvalue weighted by Crippen LogP contribution is 2.38. The summed E-state index contributed by atoms with van der Waals surface area (Å²) in [6.07, 6.45) is 9.53. The molecule has 144 valence electrons. The first-order valence-corrected chi connectivity index (χ1v) is 9.71. The Hall–Kier alpha value is -3.00. The molecule has 1 aliphatic rings. The Balaban J connectivity index is 1.70. The zero-order chi connectivity index (χ0) is 20.0. The summed E-state index contributed by atoms with van der Waals surface area (Å²) in [4.78, 5) is 19.4. The van der Waals surface area contributed by atoms with Gasteiger partial charge in [0.05, 0.1) is 5.69 Å². The Morgan fingerprint density at radius 2 is 1.89 bits per heavy atom. The second-order valence-electron chi connectivity index (χ2n) is 7.37. The van der Waals surface area contributed by atoms with Crippen LogP contribution in [0.5, 0.6) is 0 Å². The fourth-order valence-electron chi connectivity index (χ4n) is 3.29. The van der Waals surface area contributed by atoms with Gasteiger partial charge in [-0.15, -0.1) is 12.3 Å². The lowest BCUT2D eigenvalue weighted by molar-refractivity contribution is -0.133. The van der Waals surface area contributed by atoms with Crippen LogP contribution in [-0.4, -0.2) is 27.5 Å². The Morgan fingerprint density at radius 3 is 2.54 bits per heavy atom. The molecule has 0 radical (unpaired) electrons. The quantitative estimate of drug-likeness (QED) is 0.590. The van der Waals surface area contributed by atoms with Crippen LogP contribution < -0.4 is 0 Å². The van der Waals surface area contributed by atoms with E-state index in [-0.39, 0.29) is 11.9 Å². The number of amides is 1. The van der Waals surface area contributed by atoms with Gasteiger partial charge in [0.2, 0.25) is 5.91 Å². The molecule has 0 spiro atoms. The van der Waals surface area contributed by atoms with Crippen LogP contribution in [0.3, 0.4) is 0 Å². The molecule has 1 aliphatic heterocycles. The maximum absolute atomic E-state index is 13.0. The van der Waals surface area contributed by atoms with Crippen LogP contribution in [0.4, 0.5) is 0 Å². The molecule has 0 saturated heterocycles. The number of rotatable bonds is 9. The van der Waals surface area contributed by atoms with Gasteiger partial charge in [0.1, 0.15) is 0 Å². The largest absolute Gasteiger partial charge is 0.336 e. The predicted molar refractivity (Wildman–Crippen MR) is 110 cm³/mol. The molecule has 1 aromatic carbocycles. The second kappa shape index (κ2) is 8.79. The molecule has 0 unspecified atom stereocenters. The van der Waals surface area contributed by atoms with Gasteiger partial charge in [0.25, 0.3) is 0 Å². The number of benzene rings is 1. The van der Waals surface area contributed by atoms with Crippen LogP contribution in [0, 0.1) is 12.3 Å². The Bertz CT molecular complexity index is 877. The van der Waals surface area contributed by atoms with Crippen molar-refractivity contribution in [2.45, 2.75) is 57.8 Å². The van der Waals surface area contributed by atoms with Crippen molar-refractivity contribution in [1.82, 2.24) is 9.88 Å². The predicted octanol–water partition coefficient (Wildman–Crippen LogP) is 4.84. The maximum Gasteiger partial charge on any atom is 0.223 e. The third-order valence-corrected chi connectivity index (χ3v) is 5.03. The van der Waals surface area contributed by atoms with Gasteiger partial charge in [-0.25, -0.2) is 0 Å². The van der Waals surface area contributed by atoms with E-state index in [1.165, 1.54) is 0 Å². The third kappa shape index (κ3) is 4.83. The van der Waals surface area contributed by atoms with Crippen LogP contribution in [0.15, 0.2) is 58.9 Å². The lowest BCUT2D eigenvalue weighted by Gasteiger charge is -2.28. The fourth-order valence-corrected chi connectivity index (χ4v) is 3.29. The van der Waals surface area contributed by atoms with Crippen molar-refractivity contribution in [3.63, 3.8) is 0 Å². The number of terminal acetylenes is 1. The van der Waals surface area contributed by atoms with E-state index in [1.54, 1.807) is 6.20 Å². The number of nitrogens with zero attached hydrogens (tertiary/aromatic N) is 4. The van der Waals surface area contributed by atoms with Gasteiger partial charge in [0.15, 0.2) is 5.66 Å². The molecule has 3 rings (SSSR count). The molecule has 5 nitrogen and oxygen atoms in total. The summed E-state index contributed by atoms with van der Waals surface area (Å²) in [7, 11) is 0. The summed E-state index contributed by atoms with van der Waals surface area (Å²) in [5.74, 6) is 2.74. The molecule has 2 heterocycles. The zero-order valence-electron chi connectivity index (χ0n) is 16.5. The van der Waals surface area contributed by atoms with Gasteiger partial charge < -0.3 is 4.90 Å². The van der Waals surface area contributed by atoms with Gasteiger partial charge >= 0.3 is 0 Å². The minimum Gasteiger partial charge on any atom is -0.336 e. The van der Waals surface area contributed by atoms with Gasteiger partial charge in [-0.3, -0.25) is 9.78 Å². The smallest absolute Gasteiger partial charge is 0.223 e. The molecule has 28 heavy (non-hydrogen) atoms. The van der Waals surface area contributed by atoms with E-state index in [1.807, 2.05) is 49.1 Å². The van der Waals surface area contributed by atoms with E-state index in [0.29, 0.717) is 25.8 Å². The van der Waals surface area contributed by atoms with Crippen molar-refractivity contribution < 1.29 is 4.79 Å². The SMILES string of the molecule is C#CCCC1(CCC(=O)N(Cc2ccccc2-c2ccccn2)C(C)C)N=N1. The van der Waals surface area contributed by atoms with Gasteiger partial charge in [-0.2, -0.15) is 10.2 Å². The lowest BCUT2D eigenvalue weighted by Crippen LogP contribution is -2.37. The Kier molecular flexibility index (Phi) is 6.20. The second-order valence-corrected chi connectivity index (χ2v) is 7.37. The van der Waals surface area contributed by atoms with Crippen molar-refractivity contribution in [3.05, 3.63) is 54.2 Å². The number of carbonyl (C=O) groups is 1. The van der Waals surface area contributed by atoms with Crippen molar-refractivity contribution in [2.24, 2.45) is 10.2 Å². The van der Waals surface area contributed by atoms with E-state index < -0.39 is 5.66 Å². The zero-order valence-corrected chi connectivity index (χ0v) is 16.5. The van der Waals surface area contributed by atoms with E-state index >= 15 is 0 Å². The van der Waals surface area contributed by atoms with Crippen molar-refractivity contribution in [2.75, 3.05) is 0 Å². The molecule has 0 bridgehead atoms. The fraction of sp³-hybridized carbons (Fsp3) is 0.391. The van der Waals surface area contributed by atoms with E-state index in [0.717, 1.165) is 23.2 Å². The number of pyridine rings is 1. The summed E-state index contributed by atoms with van der Waals surface area (Å²) in [6.45, 7) is 4.64. The van der Waals surface area contributed by atoms with Gasteiger partial charge in [-0.05, 0) is 31.5 Å². The highest BCUT2D eigenvalue weighted by molar-refractivity contribution is 5.77. The van der Waals surface area contributed by atoms with E-state index in [9.17, 15) is 4.79 Å². The van der Waals surface area contributed by atoms with E-state index in [2.05, 4.69) is 33.3 Å². The monoisotopic (exact) mass is 374 g/mol. The molecule has 2 aromatic rings. The highest BCUT2D eigenvalue weighted by atomic mass is 16.2. The first-order valence-electron chi connectivity index (χ1n) is 9.71. The minimum atomic E-state index is -0.420. The maximum atomic E-state index is 13.0. The Labute approximate surface area is 166 Å². The van der Waals surface area contributed by atoms with Gasteiger partial charge in [-0.1, -0.05) is 30.3 Å². The summed E-state index contributed by atoms with van der Waals surface area (Å²) < 4.78 is 0. The molecule has 0 N–H and O–H groups in total. The summed E-state index contributed by atoms with van der Waals surface area (Å²) in [5.41, 5.74) is 2.64. The number of carbonyl (C=O) groups excluding carboxylic acids is 1. The average Bonchev–Trinajstić information content (AvgIpc) is 3.49. The third-order valence-electron chi connectivity index (χ3n) is 5.03. The van der Waals surface area contributed by atoms with Gasteiger partial charge in [0, 0.05) is 50.0 Å². The average molecular weight is 374 g/mol. The first kappa shape index (κ1) is 19.8. The van der Waals surface area contributed by atoms with Crippen molar-refractivity contribution >= 4 is 5.91 Å². The Morgan fingerprint density at radius 1 is 1.14 bits per heavy atom. The standard InChI is InChI=1S/C23H26N4O/c1-4-5-14-23(25-26-23)15-13-22(28)27(18(2)3)17-19-10-6-7-11-20(19)21-12-8-9-16-24-21/h1,6-12,16,18H,5,13-15,17H2,2-3H3. The number of aromatic nitrogens is 1. The first-order chi connectivity index (χ1) is 13.5. The molecule has 0 fully saturated rings. The van der Waals surface area contributed by atoms with Crippen LogP contribution in [-0.2, 0) is 11.3 Å². The normalized spacial score (nSPS) is 13.9. The molecule has 0 aliphatic carbocycles. The lowest BCUT2D eigenvalue weighted by atomic mass is 10.0. The molecule has 0 atom stereocenters. The van der Waals surface area contributed by atoms with Crippen LogP contribution in [0.2, 0.25) is 0 Å². The summed E-state index contributed by atoms with van der Waals surface area (Å²) >= 11 is 0. The molecular weight excluding hydrogens is 348 g/mol. The van der Waals surface area contributed by atoms with Crippen molar-refractivity contribution in [1.29, 1.82) is 0 Å². The summed E-state index contributed by atoms with van der Waals surface area (Å²) in [5, 5.41) is 8.27. The van der Waals surface area contributed by atoms with Crippen LogP contribution in [0.1, 0.15) is 45.1 Å². The van der Waals surface area contributed by atoms with Crippen LogP contribution >= 0.6 is 0 Å². The number of hydrogen-bond donors (Lipinski definition) is 0. The topological polar surface area (TPSA) is 57.9 Å². The van der Waals surface area contributed by atoms with Crippen LogP contribution in [0.25, 0.3) is 11.3 Å².